The Bertz CT molecular complexity index is 584. The van der Waals surface area contributed by atoms with Crippen molar-refractivity contribution in [2.45, 2.75) is 22.9 Å². The van der Waals surface area contributed by atoms with Crippen LogP contribution >= 0.6 is 34.4 Å². The summed E-state index contributed by atoms with van der Waals surface area (Å²) in [6.07, 6.45) is 0. The minimum Gasteiger partial charge on any atom is -0.326 e. The Labute approximate surface area is 138 Å². The molecular weight excluding hydrogens is 375 g/mol. The van der Waals surface area contributed by atoms with Gasteiger partial charge in [-0.25, -0.2) is 0 Å². The van der Waals surface area contributed by atoms with Gasteiger partial charge in [0.15, 0.2) is 0 Å². The van der Waals surface area contributed by atoms with Crippen molar-refractivity contribution >= 4 is 34.4 Å². The quantitative estimate of drug-likeness (QED) is 0.779. The van der Waals surface area contributed by atoms with Gasteiger partial charge in [0.1, 0.15) is 0 Å². The van der Waals surface area contributed by atoms with Crippen LogP contribution < -0.4 is 5.73 Å². The molecular formula is C16H19IN2S. The minimum atomic E-state index is 0.578. The highest BCUT2D eigenvalue weighted by Gasteiger charge is 2.08. The van der Waals surface area contributed by atoms with Crippen LogP contribution in [-0.2, 0) is 13.1 Å². The van der Waals surface area contributed by atoms with E-state index in [1.165, 1.54) is 24.5 Å². The van der Waals surface area contributed by atoms with Gasteiger partial charge in [0, 0.05) is 26.5 Å². The molecule has 0 bridgehead atoms. The molecule has 4 heteroatoms. The summed E-state index contributed by atoms with van der Waals surface area (Å²) in [5.74, 6) is 0. The third-order valence-corrected chi connectivity index (χ3v) is 4.83. The Balaban J connectivity index is 2.30. The first-order valence-corrected chi connectivity index (χ1v) is 8.38. The average molecular weight is 394 g/mol. The predicted octanol–water partition coefficient (Wildman–Crippen LogP) is 3.96. The summed E-state index contributed by atoms with van der Waals surface area (Å²) < 4.78 is 1.23. The van der Waals surface area contributed by atoms with Crippen LogP contribution in [0.3, 0.4) is 0 Å². The topological polar surface area (TPSA) is 29.3 Å². The zero-order chi connectivity index (χ0) is 14.5. The Hall–Kier alpha value is -0.560. The molecule has 0 radical (unpaired) electrons. The lowest BCUT2D eigenvalue weighted by atomic mass is 10.2. The Morgan fingerprint density at radius 3 is 2.45 bits per heavy atom. The maximum absolute atomic E-state index is 5.87. The SMILES string of the molecule is CN(C)Cc1ccccc1Sc1ccc([123I])cc1CN. The predicted molar refractivity (Wildman–Crippen MR) is 95.0 cm³/mol. The molecule has 0 atom stereocenters. The largest absolute Gasteiger partial charge is 0.326 e. The van der Waals surface area contributed by atoms with E-state index in [9.17, 15) is 0 Å². The van der Waals surface area contributed by atoms with Gasteiger partial charge in [-0.05, 0) is 72.1 Å². The first-order chi connectivity index (χ1) is 9.60. The zero-order valence-corrected chi connectivity index (χ0v) is 14.7. The van der Waals surface area contributed by atoms with Crippen LogP contribution in [0.4, 0.5) is 0 Å². The monoisotopic (exact) mass is 394 g/mol. The normalized spacial score (nSPS) is 11.1. The van der Waals surface area contributed by atoms with E-state index in [0.717, 1.165) is 6.54 Å². The van der Waals surface area contributed by atoms with Crippen LogP contribution in [-0.4, -0.2) is 19.0 Å². The smallest absolute Gasteiger partial charge is 0.0238 e. The lowest BCUT2D eigenvalue weighted by Gasteiger charge is -2.15. The van der Waals surface area contributed by atoms with E-state index >= 15 is 0 Å². The summed E-state index contributed by atoms with van der Waals surface area (Å²) >= 11 is 4.13. The number of rotatable bonds is 5. The Kier molecular flexibility index (Phi) is 5.89. The number of benzene rings is 2. The summed E-state index contributed by atoms with van der Waals surface area (Å²) in [4.78, 5) is 4.74. The molecule has 0 unspecified atom stereocenters. The number of hydrogen-bond acceptors (Lipinski definition) is 3. The van der Waals surface area contributed by atoms with Crippen molar-refractivity contribution in [1.29, 1.82) is 0 Å². The number of hydrogen-bond donors (Lipinski definition) is 1. The number of nitrogens with zero attached hydrogens (tertiary/aromatic N) is 1. The van der Waals surface area contributed by atoms with Gasteiger partial charge < -0.3 is 10.6 Å². The van der Waals surface area contributed by atoms with Crippen LogP contribution in [0.25, 0.3) is 0 Å². The van der Waals surface area contributed by atoms with E-state index in [0.29, 0.717) is 6.54 Å². The molecule has 0 aliphatic carbocycles. The molecule has 0 heterocycles. The fraction of sp³-hybridized carbons (Fsp3) is 0.250. The van der Waals surface area contributed by atoms with Gasteiger partial charge in [-0.1, -0.05) is 30.0 Å². The third-order valence-electron chi connectivity index (χ3n) is 2.92. The third kappa shape index (κ3) is 4.22. The van der Waals surface area contributed by atoms with Crippen LogP contribution in [0, 0.1) is 3.57 Å². The van der Waals surface area contributed by atoms with Crippen molar-refractivity contribution in [1.82, 2.24) is 4.90 Å². The number of nitrogens with two attached hydrogens (primary N) is 1. The molecule has 20 heavy (non-hydrogen) atoms. The minimum absolute atomic E-state index is 0.578. The highest BCUT2D eigenvalue weighted by atomic mass is 123. The molecule has 0 aliphatic rings. The molecule has 0 aliphatic heterocycles. The fourth-order valence-electron chi connectivity index (χ4n) is 2.00. The lowest BCUT2D eigenvalue weighted by Crippen LogP contribution is -2.11. The highest BCUT2D eigenvalue weighted by Crippen LogP contribution is 2.33. The van der Waals surface area contributed by atoms with Crippen LogP contribution in [0.2, 0.25) is 0 Å². The van der Waals surface area contributed by atoms with E-state index in [-0.39, 0.29) is 0 Å². The second-order valence-electron chi connectivity index (χ2n) is 4.90. The van der Waals surface area contributed by atoms with E-state index in [1.54, 1.807) is 11.8 Å². The first-order valence-electron chi connectivity index (χ1n) is 6.49. The maximum atomic E-state index is 5.87. The van der Waals surface area contributed by atoms with E-state index in [4.69, 9.17) is 5.73 Å². The van der Waals surface area contributed by atoms with E-state index in [1.807, 2.05) is 0 Å². The summed E-state index contributed by atoms with van der Waals surface area (Å²) in [5.41, 5.74) is 8.43. The molecule has 0 amide bonds. The van der Waals surface area contributed by atoms with Gasteiger partial charge >= 0.3 is 0 Å². The van der Waals surface area contributed by atoms with Crippen LogP contribution in [0.15, 0.2) is 52.3 Å². The molecule has 0 saturated heterocycles. The van der Waals surface area contributed by atoms with Crippen molar-refractivity contribution in [2.24, 2.45) is 5.73 Å². The van der Waals surface area contributed by atoms with Gasteiger partial charge in [0.2, 0.25) is 0 Å². The molecule has 0 fully saturated rings. The van der Waals surface area contributed by atoms with Gasteiger partial charge in [0.25, 0.3) is 0 Å². The molecule has 2 aromatic rings. The Morgan fingerprint density at radius 2 is 1.75 bits per heavy atom. The summed E-state index contributed by atoms with van der Waals surface area (Å²) in [6.45, 7) is 1.53. The molecule has 0 saturated carbocycles. The zero-order valence-electron chi connectivity index (χ0n) is 11.8. The first kappa shape index (κ1) is 15.8. The molecule has 2 nitrogen and oxygen atoms in total. The van der Waals surface area contributed by atoms with Crippen molar-refractivity contribution in [3.63, 3.8) is 0 Å². The van der Waals surface area contributed by atoms with Gasteiger partial charge in [-0.3, -0.25) is 0 Å². The van der Waals surface area contributed by atoms with Gasteiger partial charge in [-0.15, -0.1) is 0 Å². The average Bonchev–Trinajstić information content (AvgIpc) is 2.42. The fourth-order valence-corrected chi connectivity index (χ4v) is 3.61. The molecule has 106 valence electrons. The highest BCUT2D eigenvalue weighted by molar-refractivity contribution is 14.1. The molecule has 2 rings (SSSR count). The summed E-state index contributed by atoms with van der Waals surface area (Å²) in [7, 11) is 4.19. The Morgan fingerprint density at radius 1 is 1.05 bits per heavy atom. The molecule has 0 aromatic heterocycles. The van der Waals surface area contributed by atoms with Crippen LogP contribution in [0.1, 0.15) is 11.1 Å². The lowest BCUT2D eigenvalue weighted by molar-refractivity contribution is 0.399. The maximum Gasteiger partial charge on any atom is 0.0238 e. The molecule has 2 N–H and O–H groups in total. The molecule has 0 spiro atoms. The van der Waals surface area contributed by atoms with Gasteiger partial charge in [0.05, 0.1) is 0 Å². The second kappa shape index (κ2) is 7.45. The van der Waals surface area contributed by atoms with Crippen LogP contribution in [0.5, 0.6) is 0 Å². The number of halogens is 1. The molecule has 2 aromatic carbocycles. The summed E-state index contributed by atoms with van der Waals surface area (Å²) in [5, 5.41) is 0. The second-order valence-corrected chi connectivity index (χ2v) is 7.23. The summed E-state index contributed by atoms with van der Waals surface area (Å²) in [6, 6.07) is 15.0. The van der Waals surface area contributed by atoms with E-state index in [2.05, 4.69) is 84.1 Å². The van der Waals surface area contributed by atoms with E-state index < -0.39 is 0 Å². The van der Waals surface area contributed by atoms with Crippen molar-refractivity contribution in [2.75, 3.05) is 14.1 Å². The van der Waals surface area contributed by atoms with Crippen molar-refractivity contribution in [3.05, 3.63) is 57.2 Å². The van der Waals surface area contributed by atoms with Crippen molar-refractivity contribution in [3.8, 4) is 0 Å². The van der Waals surface area contributed by atoms with Gasteiger partial charge in [-0.2, -0.15) is 0 Å². The standard InChI is InChI=1S/C16H19IN2S/c1-19(2)11-12-5-3-4-6-15(12)20-16-8-7-14(17)9-13(16)10-18/h3-9H,10-11,18H2,1-2H3/i17-4. The van der Waals surface area contributed by atoms with Crippen molar-refractivity contribution < 1.29 is 0 Å².